The number of pyridine rings is 1. The first-order valence-electron chi connectivity index (χ1n) is 7.69. The molecule has 0 radical (unpaired) electrons. The van der Waals surface area contributed by atoms with Gasteiger partial charge in [0.05, 0.1) is 0 Å². The van der Waals surface area contributed by atoms with Crippen LogP contribution in [0.25, 0.3) is 0 Å². The van der Waals surface area contributed by atoms with Crippen molar-refractivity contribution in [3.05, 3.63) is 64.7 Å². The first kappa shape index (κ1) is 14.2. The second-order valence-corrected chi connectivity index (χ2v) is 5.77. The smallest absolute Gasteiger partial charge is 0.127 e. The molecule has 0 amide bonds. The number of nitrogens with one attached hydrogen (secondary N) is 1. The Morgan fingerprint density at radius 2 is 2.00 bits per heavy atom. The average molecular weight is 284 g/mol. The number of benzene rings is 1. The lowest BCUT2D eigenvalue weighted by Crippen LogP contribution is -2.16. The minimum atomic E-state index is -0.124. The van der Waals surface area contributed by atoms with Crippen LogP contribution in [-0.2, 0) is 19.4 Å². The maximum absolute atomic E-state index is 13.8. The zero-order valence-corrected chi connectivity index (χ0v) is 12.4. The van der Waals surface area contributed by atoms with Crippen LogP contribution in [0.2, 0.25) is 0 Å². The molecule has 1 N–H and O–H groups in total. The molecule has 110 valence electrons. The predicted octanol–water partition coefficient (Wildman–Crippen LogP) is 3.63. The average Bonchev–Trinajstić information content (AvgIpc) is 3.33. The summed E-state index contributed by atoms with van der Waals surface area (Å²) in [6.07, 6.45) is 6.11. The van der Waals surface area contributed by atoms with Crippen molar-refractivity contribution >= 4 is 0 Å². The number of rotatable bonds is 6. The first-order chi connectivity index (χ1) is 10.2. The van der Waals surface area contributed by atoms with Gasteiger partial charge in [-0.05, 0) is 42.5 Å². The maximum Gasteiger partial charge on any atom is 0.127 e. The Balaban J connectivity index is 1.69. The Kier molecular flexibility index (Phi) is 4.30. The van der Waals surface area contributed by atoms with E-state index in [1.165, 1.54) is 18.4 Å². The Hall–Kier alpha value is -1.74. The van der Waals surface area contributed by atoms with Crippen LogP contribution in [0, 0.1) is 5.82 Å². The molecule has 0 atom stereocenters. The second kappa shape index (κ2) is 6.35. The standard InChI is InChI=1S/C18H21FN2/c1-2-13-3-5-17(20-11-13)10-14-4-8-18(19)15(9-14)12-21-16-6-7-16/h3-5,8-9,11,16,21H,2,6-7,10,12H2,1H3. The molecule has 3 rings (SSSR count). The molecule has 21 heavy (non-hydrogen) atoms. The third-order valence-corrected chi connectivity index (χ3v) is 3.95. The van der Waals surface area contributed by atoms with Gasteiger partial charge in [0.15, 0.2) is 0 Å². The van der Waals surface area contributed by atoms with Gasteiger partial charge in [-0.25, -0.2) is 4.39 Å². The summed E-state index contributed by atoms with van der Waals surface area (Å²) in [6, 6.07) is 10.1. The van der Waals surface area contributed by atoms with Gasteiger partial charge < -0.3 is 5.32 Å². The zero-order valence-electron chi connectivity index (χ0n) is 12.4. The lowest BCUT2D eigenvalue weighted by Gasteiger charge is -2.08. The molecule has 2 nitrogen and oxygen atoms in total. The Morgan fingerprint density at radius 3 is 2.67 bits per heavy atom. The van der Waals surface area contributed by atoms with Crippen molar-refractivity contribution in [1.29, 1.82) is 0 Å². The highest BCUT2D eigenvalue weighted by atomic mass is 19.1. The van der Waals surface area contributed by atoms with Gasteiger partial charge in [-0.15, -0.1) is 0 Å². The van der Waals surface area contributed by atoms with Crippen molar-refractivity contribution in [3.63, 3.8) is 0 Å². The number of hydrogen-bond acceptors (Lipinski definition) is 2. The van der Waals surface area contributed by atoms with Crippen molar-refractivity contribution in [1.82, 2.24) is 10.3 Å². The molecule has 2 aromatic rings. The number of hydrogen-bond donors (Lipinski definition) is 1. The summed E-state index contributed by atoms with van der Waals surface area (Å²) in [4.78, 5) is 4.47. The minimum Gasteiger partial charge on any atom is -0.310 e. The topological polar surface area (TPSA) is 24.9 Å². The fourth-order valence-electron chi connectivity index (χ4n) is 2.39. The maximum atomic E-state index is 13.8. The van der Waals surface area contributed by atoms with E-state index in [0.29, 0.717) is 12.6 Å². The summed E-state index contributed by atoms with van der Waals surface area (Å²) < 4.78 is 13.8. The molecule has 0 spiro atoms. The van der Waals surface area contributed by atoms with E-state index in [1.54, 1.807) is 6.07 Å². The van der Waals surface area contributed by atoms with Crippen molar-refractivity contribution in [2.75, 3.05) is 0 Å². The van der Waals surface area contributed by atoms with Crippen molar-refractivity contribution in [3.8, 4) is 0 Å². The highest BCUT2D eigenvalue weighted by Crippen LogP contribution is 2.20. The van der Waals surface area contributed by atoms with Crippen LogP contribution < -0.4 is 5.32 Å². The molecule has 0 bridgehead atoms. The van der Waals surface area contributed by atoms with E-state index in [4.69, 9.17) is 0 Å². The summed E-state index contributed by atoms with van der Waals surface area (Å²) in [5.74, 6) is -0.124. The summed E-state index contributed by atoms with van der Waals surface area (Å²) in [5.41, 5.74) is 4.14. The van der Waals surface area contributed by atoms with Gasteiger partial charge in [0.2, 0.25) is 0 Å². The fourth-order valence-corrected chi connectivity index (χ4v) is 2.39. The van der Waals surface area contributed by atoms with Crippen LogP contribution in [0.3, 0.4) is 0 Å². The third-order valence-electron chi connectivity index (χ3n) is 3.95. The van der Waals surface area contributed by atoms with E-state index >= 15 is 0 Å². The molecule has 1 saturated carbocycles. The summed E-state index contributed by atoms with van der Waals surface area (Å²) in [7, 11) is 0. The third kappa shape index (κ3) is 3.88. The minimum absolute atomic E-state index is 0.124. The van der Waals surface area contributed by atoms with Gasteiger partial charge >= 0.3 is 0 Å². The van der Waals surface area contributed by atoms with Crippen LogP contribution in [-0.4, -0.2) is 11.0 Å². The van der Waals surface area contributed by atoms with E-state index in [9.17, 15) is 4.39 Å². The predicted molar refractivity (Wildman–Crippen MR) is 82.7 cm³/mol. The van der Waals surface area contributed by atoms with Gasteiger partial charge in [0.1, 0.15) is 5.82 Å². The van der Waals surface area contributed by atoms with Crippen LogP contribution in [0.1, 0.15) is 42.1 Å². The Labute approximate surface area is 125 Å². The SMILES string of the molecule is CCc1ccc(Cc2ccc(F)c(CNC3CC3)c2)nc1. The summed E-state index contributed by atoms with van der Waals surface area (Å²) in [6.45, 7) is 2.74. The number of halogens is 1. The van der Waals surface area contributed by atoms with E-state index in [-0.39, 0.29) is 5.82 Å². The highest BCUT2D eigenvalue weighted by Gasteiger charge is 2.20. The highest BCUT2D eigenvalue weighted by molar-refractivity contribution is 5.29. The van der Waals surface area contributed by atoms with Crippen molar-refractivity contribution in [2.24, 2.45) is 0 Å². The molecule has 1 aliphatic rings. The van der Waals surface area contributed by atoms with E-state index in [1.807, 2.05) is 18.3 Å². The number of aromatic nitrogens is 1. The fraction of sp³-hybridized carbons (Fsp3) is 0.389. The van der Waals surface area contributed by atoms with Gasteiger partial charge in [-0.3, -0.25) is 4.98 Å². The van der Waals surface area contributed by atoms with E-state index < -0.39 is 0 Å². The number of nitrogens with zero attached hydrogens (tertiary/aromatic N) is 1. The lowest BCUT2D eigenvalue weighted by atomic mass is 10.0. The zero-order chi connectivity index (χ0) is 14.7. The molecule has 0 saturated heterocycles. The molecule has 0 aliphatic heterocycles. The monoisotopic (exact) mass is 284 g/mol. The molecule has 1 aromatic heterocycles. The molecule has 1 fully saturated rings. The molecule has 1 aromatic carbocycles. The molecule has 0 unspecified atom stereocenters. The van der Waals surface area contributed by atoms with Gasteiger partial charge in [-0.1, -0.05) is 25.1 Å². The molecule has 3 heteroatoms. The van der Waals surface area contributed by atoms with E-state index in [0.717, 1.165) is 29.7 Å². The van der Waals surface area contributed by atoms with Crippen LogP contribution >= 0.6 is 0 Å². The Morgan fingerprint density at radius 1 is 1.19 bits per heavy atom. The molecule has 1 aliphatic carbocycles. The molecular formula is C18H21FN2. The van der Waals surface area contributed by atoms with E-state index in [2.05, 4.69) is 29.4 Å². The largest absolute Gasteiger partial charge is 0.310 e. The van der Waals surface area contributed by atoms with Crippen LogP contribution in [0.4, 0.5) is 4.39 Å². The lowest BCUT2D eigenvalue weighted by molar-refractivity contribution is 0.586. The van der Waals surface area contributed by atoms with Crippen molar-refractivity contribution in [2.45, 2.75) is 45.2 Å². The Bertz CT molecular complexity index is 603. The van der Waals surface area contributed by atoms with Gasteiger partial charge in [-0.2, -0.15) is 0 Å². The van der Waals surface area contributed by atoms with Crippen molar-refractivity contribution < 1.29 is 4.39 Å². The second-order valence-electron chi connectivity index (χ2n) is 5.77. The summed E-state index contributed by atoms with van der Waals surface area (Å²) in [5, 5.41) is 3.36. The first-order valence-corrected chi connectivity index (χ1v) is 7.69. The molecule has 1 heterocycles. The van der Waals surface area contributed by atoms with Crippen LogP contribution in [0.15, 0.2) is 36.5 Å². The number of aryl methyl sites for hydroxylation is 1. The molecular weight excluding hydrogens is 263 g/mol. The quantitative estimate of drug-likeness (QED) is 0.876. The summed E-state index contributed by atoms with van der Waals surface area (Å²) >= 11 is 0. The normalized spacial score (nSPS) is 14.4. The van der Waals surface area contributed by atoms with Crippen LogP contribution in [0.5, 0.6) is 0 Å². The van der Waals surface area contributed by atoms with Gasteiger partial charge in [0.25, 0.3) is 0 Å². The van der Waals surface area contributed by atoms with Gasteiger partial charge in [0, 0.05) is 36.5 Å².